The monoisotopic (exact) mass is 251 g/mol. The number of aromatic carboxylic acids is 1. The Morgan fingerprint density at radius 3 is 2.72 bits per heavy atom. The van der Waals surface area contributed by atoms with Gasteiger partial charge in [0, 0.05) is 0 Å². The van der Waals surface area contributed by atoms with E-state index in [4.69, 9.17) is 10.8 Å². The van der Waals surface area contributed by atoms with Crippen LogP contribution in [0.1, 0.15) is 36.7 Å². The van der Waals surface area contributed by atoms with Crippen LogP contribution in [-0.2, 0) is 4.79 Å². The number of hydrogen-bond donors (Lipinski definition) is 3. The number of nitrogens with zero attached hydrogens (tertiary/aromatic N) is 1. The summed E-state index contributed by atoms with van der Waals surface area (Å²) in [5.74, 6) is -1.39. The summed E-state index contributed by atoms with van der Waals surface area (Å²) < 4.78 is 0. The van der Waals surface area contributed by atoms with Crippen LogP contribution >= 0.6 is 0 Å². The van der Waals surface area contributed by atoms with Crippen molar-refractivity contribution in [3.05, 3.63) is 24.0 Å². The summed E-state index contributed by atoms with van der Waals surface area (Å²) in [6, 6.07) is 2.26. The first-order valence-corrected chi connectivity index (χ1v) is 5.80. The highest BCUT2D eigenvalue weighted by atomic mass is 16.4. The Morgan fingerprint density at radius 1 is 1.50 bits per heavy atom. The van der Waals surface area contributed by atoms with Gasteiger partial charge in [0.1, 0.15) is 5.69 Å². The normalized spacial score (nSPS) is 11.9. The maximum atomic E-state index is 11.7. The molecule has 1 atom stereocenters. The second-order valence-corrected chi connectivity index (χ2v) is 3.98. The third-order valence-corrected chi connectivity index (χ3v) is 2.46. The first-order chi connectivity index (χ1) is 8.54. The molecule has 0 fully saturated rings. The summed E-state index contributed by atoms with van der Waals surface area (Å²) in [6.45, 7) is 2.03. The predicted molar refractivity (Wildman–Crippen MR) is 67.3 cm³/mol. The Kier molecular flexibility index (Phi) is 5.26. The summed E-state index contributed by atoms with van der Waals surface area (Å²) in [4.78, 5) is 25.9. The Bertz CT molecular complexity index is 417. The third kappa shape index (κ3) is 4.14. The molecule has 0 radical (unpaired) electrons. The average Bonchev–Trinajstić information content (AvgIpc) is 2.36. The maximum absolute atomic E-state index is 11.7. The number of nitrogens with one attached hydrogen (secondary N) is 1. The number of carbonyl (C=O) groups excluding carboxylic acids is 1. The average molecular weight is 251 g/mol. The fraction of sp³-hybridized carbons (Fsp3) is 0.417. The number of unbranched alkanes of at least 4 members (excludes halogenated alkanes) is 1. The first-order valence-electron chi connectivity index (χ1n) is 5.80. The van der Waals surface area contributed by atoms with Crippen LogP contribution in [0.25, 0.3) is 0 Å². The number of rotatable bonds is 6. The minimum Gasteiger partial charge on any atom is -0.477 e. The van der Waals surface area contributed by atoms with E-state index in [2.05, 4.69) is 10.3 Å². The number of carboxylic acids is 1. The van der Waals surface area contributed by atoms with Gasteiger partial charge in [0.2, 0.25) is 5.91 Å². The zero-order valence-electron chi connectivity index (χ0n) is 10.2. The van der Waals surface area contributed by atoms with Gasteiger partial charge >= 0.3 is 5.97 Å². The molecule has 6 heteroatoms. The molecule has 18 heavy (non-hydrogen) atoms. The molecule has 1 heterocycles. The zero-order valence-corrected chi connectivity index (χ0v) is 10.2. The van der Waals surface area contributed by atoms with Gasteiger partial charge in [-0.2, -0.15) is 0 Å². The molecule has 0 unspecified atom stereocenters. The number of amides is 1. The van der Waals surface area contributed by atoms with Gasteiger partial charge in [0.25, 0.3) is 0 Å². The van der Waals surface area contributed by atoms with E-state index in [0.29, 0.717) is 12.1 Å². The summed E-state index contributed by atoms with van der Waals surface area (Å²) in [6.07, 6.45) is 3.80. The SMILES string of the molecule is CCCC[C@H](N)C(=O)Nc1ccc(C(=O)O)nc1. The van der Waals surface area contributed by atoms with Crippen molar-refractivity contribution in [2.24, 2.45) is 5.73 Å². The van der Waals surface area contributed by atoms with Crippen molar-refractivity contribution in [1.82, 2.24) is 4.98 Å². The largest absolute Gasteiger partial charge is 0.477 e. The van der Waals surface area contributed by atoms with Crippen molar-refractivity contribution in [2.45, 2.75) is 32.2 Å². The molecule has 0 aliphatic heterocycles. The molecule has 4 N–H and O–H groups in total. The smallest absolute Gasteiger partial charge is 0.354 e. The molecule has 0 aliphatic rings. The molecule has 0 spiro atoms. The number of aromatic nitrogens is 1. The van der Waals surface area contributed by atoms with E-state index < -0.39 is 12.0 Å². The van der Waals surface area contributed by atoms with Crippen LogP contribution in [0.5, 0.6) is 0 Å². The van der Waals surface area contributed by atoms with Gasteiger partial charge in [-0.05, 0) is 18.6 Å². The Labute approximate surface area is 105 Å². The lowest BCUT2D eigenvalue weighted by Gasteiger charge is -2.11. The van der Waals surface area contributed by atoms with Crippen LogP contribution in [0.3, 0.4) is 0 Å². The summed E-state index contributed by atoms with van der Waals surface area (Å²) >= 11 is 0. The summed E-state index contributed by atoms with van der Waals surface area (Å²) in [5.41, 5.74) is 6.08. The zero-order chi connectivity index (χ0) is 13.5. The second kappa shape index (κ2) is 6.70. The van der Waals surface area contributed by atoms with Crippen molar-refractivity contribution in [3.8, 4) is 0 Å². The molecule has 0 aliphatic carbocycles. The van der Waals surface area contributed by atoms with Crippen molar-refractivity contribution in [1.29, 1.82) is 0 Å². The van der Waals surface area contributed by atoms with Crippen molar-refractivity contribution >= 4 is 17.6 Å². The molecule has 6 nitrogen and oxygen atoms in total. The Morgan fingerprint density at radius 2 is 2.22 bits per heavy atom. The standard InChI is InChI=1S/C12H17N3O3/c1-2-3-4-9(13)11(16)15-8-5-6-10(12(17)18)14-7-8/h5-7,9H,2-4,13H2,1H3,(H,15,16)(H,17,18)/t9-/m0/s1. The molecule has 0 saturated carbocycles. The molecular weight excluding hydrogens is 234 g/mol. The van der Waals surface area contributed by atoms with Crippen molar-refractivity contribution < 1.29 is 14.7 Å². The van der Waals surface area contributed by atoms with Gasteiger partial charge in [0.05, 0.1) is 17.9 Å². The fourth-order valence-electron chi connectivity index (χ4n) is 1.38. The number of anilines is 1. The second-order valence-electron chi connectivity index (χ2n) is 3.98. The van der Waals surface area contributed by atoms with Crippen LogP contribution < -0.4 is 11.1 Å². The molecule has 0 aromatic carbocycles. The van der Waals surface area contributed by atoms with Gasteiger partial charge in [0.15, 0.2) is 0 Å². The van der Waals surface area contributed by atoms with Gasteiger partial charge in [-0.1, -0.05) is 19.8 Å². The van der Waals surface area contributed by atoms with Gasteiger partial charge in [-0.3, -0.25) is 4.79 Å². The van der Waals surface area contributed by atoms with Gasteiger partial charge in [-0.25, -0.2) is 9.78 Å². The summed E-state index contributed by atoms with van der Waals surface area (Å²) in [7, 11) is 0. The van der Waals surface area contributed by atoms with E-state index in [1.165, 1.54) is 18.3 Å². The minimum atomic E-state index is -1.10. The van der Waals surface area contributed by atoms with E-state index in [1.807, 2.05) is 6.92 Å². The lowest BCUT2D eigenvalue weighted by atomic mass is 10.1. The van der Waals surface area contributed by atoms with E-state index >= 15 is 0 Å². The van der Waals surface area contributed by atoms with Crippen LogP contribution in [0.2, 0.25) is 0 Å². The van der Waals surface area contributed by atoms with Gasteiger partial charge < -0.3 is 16.2 Å². The lowest BCUT2D eigenvalue weighted by Crippen LogP contribution is -2.35. The van der Waals surface area contributed by atoms with E-state index in [9.17, 15) is 9.59 Å². The maximum Gasteiger partial charge on any atom is 0.354 e. The number of carboxylic acid groups (broad SMARTS) is 1. The molecule has 98 valence electrons. The topological polar surface area (TPSA) is 105 Å². The fourth-order valence-corrected chi connectivity index (χ4v) is 1.38. The summed E-state index contributed by atoms with van der Waals surface area (Å²) in [5, 5.41) is 11.3. The Hall–Kier alpha value is -1.95. The lowest BCUT2D eigenvalue weighted by molar-refractivity contribution is -0.117. The number of nitrogens with two attached hydrogens (primary N) is 1. The molecule has 0 bridgehead atoms. The highest BCUT2D eigenvalue weighted by Gasteiger charge is 2.13. The van der Waals surface area contributed by atoms with Crippen molar-refractivity contribution in [3.63, 3.8) is 0 Å². The van der Waals surface area contributed by atoms with Gasteiger partial charge in [-0.15, -0.1) is 0 Å². The van der Waals surface area contributed by atoms with E-state index in [0.717, 1.165) is 12.8 Å². The molecule has 0 saturated heterocycles. The van der Waals surface area contributed by atoms with Crippen LogP contribution in [0, 0.1) is 0 Å². The molecular formula is C12H17N3O3. The third-order valence-electron chi connectivity index (χ3n) is 2.46. The van der Waals surface area contributed by atoms with Crippen LogP contribution in [0.15, 0.2) is 18.3 Å². The van der Waals surface area contributed by atoms with E-state index in [-0.39, 0.29) is 11.6 Å². The van der Waals surface area contributed by atoms with Crippen molar-refractivity contribution in [2.75, 3.05) is 5.32 Å². The molecule has 1 rings (SSSR count). The highest BCUT2D eigenvalue weighted by Crippen LogP contribution is 2.08. The van der Waals surface area contributed by atoms with E-state index in [1.54, 1.807) is 0 Å². The molecule has 1 amide bonds. The van der Waals surface area contributed by atoms with Crippen LogP contribution in [0.4, 0.5) is 5.69 Å². The first kappa shape index (κ1) is 14.1. The Balaban J connectivity index is 2.56. The highest BCUT2D eigenvalue weighted by molar-refractivity contribution is 5.94. The molecule has 1 aromatic heterocycles. The quantitative estimate of drug-likeness (QED) is 0.705. The number of hydrogen-bond acceptors (Lipinski definition) is 4. The van der Waals surface area contributed by atoms with Crippen LogP contribution in [-0.4, -0.2) is 28.0 Å². The predicted octanol–water partition coefficient (Wildman–Crippen LogP) is 1.24. The minimum absolute atomic E-state index is 0.0664. The molecule has 1 aromatic rings. The number of pyridine rings is 1. The number of carbonyl (C=O) groups is 2.